The highest BCUT2D eigenvalue weighted by atomic mass is 16.2. The van der Waals surface area contributed by atoms with Gasteiger partial charge in [0.05, 0.1) is 6.42 Å². The van der Waals surface area contributed by atoms with E-state index in [1.807, 2.05) is 36.1 Å². The maximum absolute atomic E-state index is 12.5. The number of aryl methyl sites for hydroxylation is 1. The van der Waals surface area contributed by atoms with Crippen molar-refractivity contribution in [2.45, 2.75) is 58.3 Å². The average Bonchev–Trinajstić information content (AvgIpc) is 2.70. The first kappa shape index (κ1) is 19.7. The molecule has 1 N–H and O–H groups in total. The van der Waals surface area contributed by atoms with Gasteiger partial charge in [-0.25, -0.2) is 0 Å². The summed E-state index contributed by atoms with van der Waals surface area (Å²) < 4.78 is 0. The van der Waals surface area contributed by atoms with Crippen molar-refractivity contribution in [3.8, 4) is 0 Å². The Bertz CT molecular complexity index is 670. The second-order valence-electron chi connectivity index (χ2n) is 7.97. The quantitative estimate of drug-likeness (QED) is 0.777. The predicted octanol–water partition coefficient (Wildman–Crippen LogP) is 3.78. The van der Waals surface area contributed by atoms with Crippen molar-refractivity contribution in [1.29, 1.82) is 0 Å². The summed E-state index contributed by atoms with van der Waals surface area (Å²) in [5.41, 5.74) is 3.76. The van der Waals surface area contributed by atoms with E-state index >= 15 is 0 Å². The summed E-state index contributed by atoms with van der Waals surface area (Å²) in [5, 5.41) is 3.11. The molecule has 2 aliphatic rings. The molecule has 3 rings (SSSR count). The monoisotopic (exact) mass is 368 g/mol. The molecule has 146 valence electrons. The van der Waals surface area contributed by atoms with E-state index in [-0.39, 0.29) is 17.7 Å². The molecular weight excluding hydrogens is 336 g/mol. The van der Waals surface area contributed by atoms with Gasteiger partial charge in [-0.1, -0.05) is 41.5 Å². The van der Waals surface area contributed by atoms with Crippen LogP contribution in [-0.2, 0) is 16.0 Å². The molecule has 4 heteroatoms. The molecule has 0 saturated carbocycles. The third-order valence-corrected chi connectivity index (χ3v) is 5.82. The van der Waals surface area contributed by atoms with Crippen LogP contribution in [0, 0.1) is 12.8 Å². The molecular formula is C23H32N2O2. The van der Waals surface area contributed by atoms with Crippen LogP contribution in [0.15, 0.2) is 35.9 Å². The Morgan fingerprint density at radius 3 is 2.52 bits per heavy atom. The first-order valence-corrected chi connectivity index (χ1v) is 10.4. The molecule has 4 nitrogen and oxygen atoms in total. The van der Waals surface area contributed by atoms with Crippen LogP contribution in [0.3, 0.4) is 0 Å². The fourth-order valence-corrected chi connectivity index (χ4v) is 4.01. The van der Waals surface area contributed by atoms with Gasteiger partial charge in [0, 0.05) is 25.6 Å². The van der Waals surface area contributed by atoms with Crippen molar-refractivity contribution in [2.75, 3.05) is 19.6 Å². The van der Waals surface area contributed by atoms with Gasteiger partial charge >= 0.3 is 0 Å². The lowest BCUT2D eigenvalue weighted by molar-refractivity contribution is -0.135. The molecule has 0 atom stereocenters. The molecule has 0 aromatic heterocycles. The van der Waals surface area contributed by atoms with E-state index in [1.54, 1.807) is 0 Å². The first-order valence-electron chi connectivity index (χ1n) is 10.4. The van der Waals surface area contributed by atoms with Gasteiger partial charge in [0.2, 0.25) is 11.8 Å². The van der Waals surface area contributed by atoms with Crippen molar-refractivity contribution in [1.82, 2.24) is 10.2 Å². The van der Waals surface area contributed by atoms with Crippen LogP contribution >= 0.6 is 0 Å². The largest absolute Gasteiger partial charge is 0.356 e. The summed E-state index contributed by atoms with van der Waals surface area (Å²) in [6.07, 6.45) is 10.3. The van der Waals surface area contributed by atoms with E-state index in [2.05, 4.69) is 11.4 Å². The number of piperidine rings is 1. The van der Waals surface area contributed by atoms with Crippen LogP contribution in [0.5, 0.6) is 0 Å². The Hall–Kier alpha value is -2.10. The lowest BCUT2D eigenvalue weighted by Crippen LogP contribution is -2.43. The Morgan fingerprint density at radius 2 is 1.85 bits per heavy atom. The van der Waals surface area contributed by atoms with E-state index in [0.717, 1.165) is 31.4 Å². The second kappa shape index (κ2) is 9.72. The standard InChI is InChI=1S/C23H32N2O2/c1-18-7-9-20(10-8-18)17-22(26)25-15-12-21(13-16-25)23(27)24-14-11-19-5-3-2-4-6-19/h5,7-10,21H,2-4,6,11-17H2,1H3,(H,24,27). The summed E-state index contributed by atoms with van der Waals surface area (Å²) >= 11 is 0. The molecule has 1 aromatic rings. The van der Waals surface area contributed by atoms with Crippen molar-refractivity contribution in [3.05, 3.63) is 47.0 Å². The Labute approximate surface area is 163 Å². The number of carbonyl (C=O) groups is 2. The molecule has 1 saturated heterocycles. The van der Waals surface area contributed by atoms with Gasteiger partial charge in [-0.3, -0.25) is 9.59 Å². The zero-order valence-corrected chi connectivity index (χ0v) is 16.5. The minimum Gasteiger partial charge on any atom is -0.356 e. The van der Waals surface area contributed by atoms with Gasteiger partial charge in [0.15, 0.2) is 0 Å². The number of hydrogen-bond acceptors (Lipinski definition) is 2. The molecule has 2 amide bonds. The number of rotatable bonds is 6. The fraction of sp³-hybridized carbons (Fsp3) is 0.565. The number of amides is 2. The summed E-state index contributed by atoms with van der Waals surface area (Å²) in [6.45, 7) is 4.17. The number of hydrogen-bond donors (Lipinski definition) is 1. The third-order valence-electron chi connectivity index (χ3n) is 5.82. The topological polar surface area (TPSA) is 49.4 Å². The summed E-state index contributed by atoms with van der Waals surface area (Å²) in [7, 11) is 0. The second-order valence-corrected chi connectivity index (χ2v) is 7.97. The summed E-state index contributed by atoms with van der Waals surface area (Å²) in [6, 6.07) is 8.13. The van der Waals surface area contributed by atoms with Gasteiger partial charge in [0.25, 0.3) is 0 Å². The van der Waals surface area contributed by atoms with Crippen LogP contribution in [0.25, 0.3) is 0 Å². The third kappa shape index (κ3) is 5.95. The Morgan fingerprint density at radius 1 is 1.11 bits per heavy atom. The molecule has 1 fully saturated rings. The van der Waals surface area contributed by atoms with Crippen LogP contribution in [-0.4, -0.2) is 36.3 Å². The number of allylic oxidation sites excluding steroid dienone is 1. The zero-order chi connectivity index (χ0) is 19.1. The molecule has 0 unspecified atom stereocenters. The minimum absolute atomic E-state index is 0.0498. The van der Waals surface area contributed by atoms with Crippen LogP contribution < -0.4 is 5.32 Å². The molecule has 1 aliphatic heterocycles. The summed E-state index contributed by atoms with van der Waals surface area (Å²) in [5.74, 6) is 0.382. The van der Waals surface area contributed by atoms with Gasteiger partial charge < -0.3 is 10.2 Å². The molecule has 27 heavy (non-hydrogen) atoms. The number of nitrogens with one attached hydrogen (secondary N) is 1. The SMILES string of the molecule is Cc1ccc(CC(=O)N2CCC(C(=O)NCCC3=CCCCC3)CC2)cc1. The fourth-order valence-electron chi connectivity index (χ4n) is 4.01. The highest BCUT2D eigenvalue weighted by Gasteiger charge is 2.27. The lowest BCUT2D eigenvalue weighted by atomic mass is 9.94. The molecule has 0 spiro atoms. The number of carbonyl (C=O) groups excluding carboxylic acids is 2. The van der Waals surface area contributed by atoms with Crippen molar-refractivity contribution in [3.63, 3.8) is 0 Å². The highest BCUT2D eigenvalue weighted by molar-refractivity contribution is 5.81. The molecule has 0 bridgehead atoms. The zero-order valence-electron chi connectivity index (χ0n) is 16.5. The van der Waals surface area contributed by atoms with Crippen molar-refractivity contribution < 1.29 is 9.59 Å². The Balaban J connectivity index is 1.37. The predicted molar refractivity (Wildman–Crippen MR) is 108 cm³/mol. The maximum Gasteiger partial charge on any atom is 0.226 e. The highest BCUT2D eigenvalue weighted by Crippen LogP contribution is 2.21. The Kier molecular flexibility index (Phi) is 7.08. The molecule has 1 aromatic carbocycles. The number of nitrogens with zero attached hydrogens (tertiary/aromatic N) is 1. The first-order chi connectivity index (χ1) is 13.1. The summed E-state index contributed by atoms with van der Waals surface area (Å²) in [4.78, 5) is 26.8. The van der Waals surface area contributed by atoms with Gasteiger partial charge in [-0.2, -0.15) is 0 Å². The van der Waals surface area contributed by atoms with Gasteiger partial charge in [-0.15, -0.1) is 0 Å². The molecule has 1 heterocycles. The van der Waals surface area contributed by atoms with Crippen LogP contribution in [0.4, 0.5) is 0 Å². The molecule has 1 aliphatic carbocycles. The number of likely N-dealkylation sites (tertiary alicyclic amines) is 1. The van der Waals surface area contributed by atoms with E-state index in [9.17, 15) is 9.59 Å². The van der Waals surface area contributed by atoms with Crippen molar-refractivity contribution in [2.24, 2.45) is 5.92 Å². The van der Waals surface area contributed by atoms with Crippen molar-refractivity contribution >= 4 is 11.8 Å². The lowest BCUT2D eigenvalue weighted by Gasteiger charge is -2.31. The van der Waals surface area contributed by atoms with Crippen LogP contribution in [0.2, 0.25) is 0 Å². The maximum atomic E-state index is 12.5. The minimum atomic E-state index is 0.0498. The van der Waals surface area contributed by atoms with Gasteiger partial charge in [0.1, 0.15) is 0 Å². The average molecular weight is 369 g/mol. The normalized spacial score (nSPS) is 18.1. The number of benzene rings is 1. The smallest absolute Gasteiger partial charge is 0.226 e. The van der Waals surface area contributed by atoms with E-state index in [0.29, 0.717) is 19.5 Å². The van der Waals surface area contributed by atoms with Gasteiger partial charge in [-0.05, 0) is 57.4 Å². The van der Waals surface area contributed by atoms with Crippen LogP contribution in [0.1, 0.15) is 56.1 Å². The van der Waals surface area contributed by atoms with E-state index < -0.39 is 0 Å². The van der Waals surface area contributed by atoms with E-state index in [4.69, 9.17) is 0 Å². The molecule has 0 radical (unpaired) electrons. The van der Waals surface area contributed by atoms with E-state index in [1.165, 1.54) is 36.8 Å².